The van der Waals surface area contributed by atoms with Gasteiger partial charge < -0.3 is 10.2 Å². The fraction of sp³-hybridized carbons (Fsp3) is 0.929. The number of guanidine groups is 1. The van der Waals surface area contributed by atoms with Crippen LogP contribution in [-0.4, -0.2) is 79.6 Å². The van der Waals surface area contributed by atoms with E-state index in [9.17, 15) is 8.42 Å². The lowest BCUT2D eigenvalue weighted by molar-refractivity contribution is 0.357. The standard InChI is InChI=1S/C14H28N4O2S2/c1-14(2)11-17(8-9-21-14)13(15-3)16-10-12-6-5-7-18(12)22(4,19)20/h12H,5-11H2,1-4H3,(H,15,16)/t12-/m1/s1. The van der Waals surface area contributed by atoms with Gasteiger partial charge in [0.1, 0.15) is 0 Å². The Morgan fingerprint density at radius 1 is 1.41 bits per heavy atom. The average Bonchev–Trinajstić information content (AvgIpc) is 2.87. The Bertz CT molecular complexity index is 519. The average molecular weight is 349 g/mol. The predicted octanol–water partition coefficient (Wildman–Crippen LogP) is 0.813. The van der Waals surface area contributed by atoms with Crippen molar-refractivity contribution in [2.45, 2.75) is 37.5 Å². The lowest BCUT2D eigenvalue weighted by Crippen LogP contribution is -2.53. The quantitative estimate of drug-likeness (QED) is 0.604. The van der Waals surface area contributed by atoms with Crippen LogP contribution < -0.4 is 5.32 Å². The van der Waals surface area contributed by atoms with Gasteiger partial charge in [0.05, 0.1) is 6.26 Å². The zero-order valence-corrected chi connectivity index (χ0v) is 15.6. The van der Waals surface area contributed by atoms with Crippen LogP contribution in [-0.2, 0) is 10.0 Å². The highest BCUT2D eigenvalue weighted by atomic mass is 32.2. The van der Waals surface area contributed by atoms with Crippen molar-refractivity contribution in [1.29, 1.82) is 0 Å². The molecule has 2 saturated heterocycles. The van der Waals surface area contributed by atoms with Crippen LogP contribution in [0.4, 0.5) is 0 Å². The van der Waals surface area contributed by atoms with Gasteiger partial charge in [-0.3, -0.25) is 4.99 Å². The first-order valence-electron chi connectivity index (χ1n) is 7.79. The van der Waals surface area contributed by atoms with E-state index in [1.807, 2.05) is 11.8 Å². The predicted molar refractivity (Wildman–Crippen MR) is 94.0 cm³/mol. The van der Waals surface area contributed by atoms with E-state index in [-0.39, 0.29) is 10.8 Å². The highest BCUT2D eigenvalue weighted by Gasteiger charge is 2.32. The number of nitrogens with one attached hydrogen (secondary N) is 1. The molecular weight excluding hydrogens is 320 g/mol. The molecule has 0 bridgehead atoms. The molecule has 0 amide bonds. The smallest absolute Gasteiger partial charge is 0.211 e. The third-order valence-corrected chi connectivity index (χ3v) is 6.81. The molecular formula is C14H28N4O2S2. The molecule has 1 N–H and O–H groups in total. The summed E-state index contributed by atoms with van der Waals surface area (Å²) in [4.78, 5) is 6.65. The maximum Gasteiger partial charge on any atom is 0.211 e. The van der Waals surface area contributed by atoms with E-state index in [1.165, 1.54) is 6.26 Å². The molecule has 1 atom stereocenters. The van der Waals surface area contributed by atoms with Crippen LogP contribution in [0.1, 0.15) is 26.7 Å². The lowest BCUT2D eigenvalue weighted by atomic mass is 10.2. The summed E-state index contributed by atoms with van der Waals surface area (Å²) < 4.78 is 25.4. The normalized spacial score (nSPS) is 27.2. The molecule has 0 aromatic rings. The van der Waals surface area contributed by atoms with Crippen LogP contribution in [0, 0.1) is 0 Å². The summed E-state index contributed by atoms with van der Waals surface area (Å²) in [6, 6.07) is 0.0407. The highest BCUT2D eigenvalue weighted by Crippen LogP contribution is 2.29. The van der Waals surface area contributed by atoms with Gasteiger partial charge in [0, 0.05) is 49.8 Å². The number of sulfonamides is 1. The summed E-state index contributed by atoms with van der Waals surface area (Å²) in [5.74, 6) is 1.97. The van der Waals surface area contributed by atoms with Crippen LogP contribution in [0.2, 0.25) is 0 Å². The van der Waals surface area contributed by atoms with Gasteiger partial charge in [-0.05, 0) is 26.7 Å². The molecule has 0 aromatic heterocycles. The number of hydrogen-bond donors (Lipinski definition) is 1. The van der Waals surface area contributed by atoms with E-state index < -0.39 is 10.0 Å². The van der Waals surface area contributed by atoms with Crippen molar-refractivity contribution in [3.8, 4) is 0 Å². The monoisotopic (exact) mass is 348 g/mol. The number of thioether (sulfide) groups is 1. The van der Waals surface area contributed by atoms with Gasteiger partial charge in [-0.1, -0.05) is 0 Å². The molecule has 0 saturated carbocycles. The molecule has 0 aromatic carbocycles. The molecule has 2 aliphatic rings. The van der Waals surface area contributed by atoms with Crippen molar-refractivity contribution in [1.82, 2.24) is 14.5 Å². The maximum atomic E-state index is 11.8. The lowest BCUT2D eigenvalue weighted by Gasteiger charge is -2.39. The fourth-order valence-electron chi connectivity index (χ4n) is 3.19. The first-order chi connectivity index (χ1) is 10.2. The summed E-state index contributed by atoms with van der Waals surface area (Å²) in [5, 5.41) is 3.38. The van der Waals surface area contributed by atoms with E-state index >= 15 is 0 Å². The second kappa shape index (κ2) is 6.97. The largest absolute Gasteiger partial charge is 0.355 e. The Kier molecular flexibility index (Phi) is 5.66. The number of hydrogen-bond acceptors (Lipinski definition) is 4. The Morgan fingerprint density at radius 3 is 2.73 bits per heavy atom. The molecule has 2 rings (SSSR count). The zero-order valence-electron chi connectivity index (χ0n) is 14.0. The van der Waals surface area contributed by atoms with E-state index in [4.69, 9.17) is 0 Å². The molecule has 2 aliphatic heterocycles. The summed E-state index contributed by atoms with van der Waals surface area (Å²) in [6.45, 7) is 7.70. The molecule has 22 heavy (non-hydrogen) atoms. The van der Waals surface area contributed by atoms with Crippen LogP contribution in [0.3, 0.4) is 0 Å². The van der Waals surface area contributed by atoms with Crippen LogP contribution >= 0.6 is 11.8 Å². The Labute approximate surface area is 138 Å². The SMILES string of the molecule is CN=C(NC[C@H]1CCCN1S(C)(=O)=O)N1CCSC(C)(C)C1. The summed E-state index contributed by atoms with van der Waals surface area (Å²) in [7, 11) is -1.32. The van der Waals surface area contributed by atoms with E-state index in [2.05, 4.69) is 29.1 Å². The molecule has 2 heterocycles. The Balaban J connectivity index is 1.94. The Morgan fingerprint density at radius 2 is 2.14 bits per heavy atom. The van der Waals surface area contributed by atoms with Crippen molar-refractivity contribution in [3.05, 3.63) is 0 Å². The van der Waals surface area contributed by atoms with Gasteiger partial charge in [0.25, 0.3) is 0 Å². The minimum absolute atomic E-state index is 0.0407. The van der Waals surface area contributed by atoms with Crippen LogP contribution in [0.25, 0.3) is 0 Å². The molecule has 0 radical (unpaired) electrons. The number of aliphatic imine (C=N–C) groups is 1. The van der Waals surface area contributed by atoms with Gasteiger partial charge in [-0.25, -0.2) is 8.42 Å². The summed E-state index contributed by atoms with van der Waals surface area (Å²) in [6.07, 6.45) is 3.15. The topological polar surface area (TPSA) is 65.0 Å². The molecule has 6 nitrogen and oxygen atoms in total. The van der Waals surface area contributed by atoms with Gasteiger partial charge in [0.15, 0.2) is 5.96 Å². The minimum Gasteiger partial charge on any atom is -0.355 e. The van der Waals surface area contributed by atoms with E-state index in [0.717, 1.165) is 37.6 Å². The third kappa shape index (κ3) is 4.52. The van der Waals surface area contributed by atoms with Crippen molar-refractivity contribution in [2.24, 2.45) is 4.99 Å². The first-order valence-corrected chi connectivity index (χ1v) is 10.6. The molecule has 0 unspecified atom stereocenters. The van der Waals surface area contributed by atoms with Gasteiger partial charge in [0.2, 0.25) is 10.0 Å². The van der Waals surface area contributed by atoms with E-state index in [1.54, 1.807) is 11.4 Å². The van der Waals surface area contributed by atoms with Gasteiger partial charge in [-0.2, -0.15) is 16.1 Å². The molecule has 8 heteroatoms. The van der Waals surface area contributed by atoms with Crippen molar-refractivity contribution >= 4 is 27.7 Å². The van der Waals surface area contributed by atoms with Crippen LogP contribution in [0.5, 0.6) is 0 Å². The van der Waals surface area contributed by atoms with Crippen molar-refractivity contribution in [3.63, 3.8) is 0 Å². The number of rotatable bonds is 3. The number of nitrogens with zero attached hydrogens (tertiary/aromatic N) is 3. The second-order valence-electron chi connectivity index (χ2n) is 6.63. The van der Waals surface area contributed by atoms with Gasteiger partial charge >= 0.3 is 0 Å². The minimum atomic E-state index is -3.11. The zero-order chi connectivity index (χ0) is 16.4. The molecule has 0 spiro atoms. The highest BCUT2D eigenvalue weighted by molar-refractivity contribution is 8.00. The molecule has 0 aliphatic carbocycles. The second-order valence-corrected chi connectivity index (χ2v) is 10.4. The van der Waals surface area contributed by atoms with Crippen molar-refractivity contribution in [2.75, 3.05) is 45.2 Å². The molecule has 2 fully saturated rings. The van der Waals surface area contributed by atoms with E-state index in [0.29, 0.717) is 13.1 Å². The summed E-state index contributed by atoms with van der Waals surface area (Å²) >= 11 is 1.99. The summed E-state index contributed by atoms with van der Waals surface area (Å²) in [5.41, 5.74) is 0. The van der Waals surface area contributed by atoms with Crippen molar-refractivity contribution < 1.29 is 8.42 Å². The third-order valence-electron chi connectivity index (χ3n) is 4.18. The molecule has 128 valence electrons. The Hall–Kier alpha value is -0.470. The first kappa shape index (κ1) is 17.9. The fourth-order valence-corrected chi connectivity index (χ4v) is 5.48. The van der Waals surface area contributed by atoms with Crippen LogP contribution in [0.15, 0.2) is 4.99 Å². The van der Waals surface area contributed by atoms with Gasteiger partial charge in [-0.15, -0.1) is 0 Å². The maximum absolute atomic E-state index is 11.8.